The lowest BCUT2D eigenvalue weighted by atomic mass is 9.83. The van der Waals surface area contributed by atoms with Crippen LogP contribution in [0.5, 0.6) is 0 Å². The van der Waals surface area contributed by atoms with E-state index in [2.05, 4.69) is 182 Å². The molecular weight excluding hydrogens is 689 g/mol. The molecule has 11 aromatic carbocycles. The molecule has 0 N–H and O–H groups in total. The van der Waals surface area contributed by atoms with Crippen LogP contribution in [-0.4, -0.2) is 0 Å². The van der Waals surface area contributed by atoms with Crippen LogP contribution in [0.15, 0.2) is 180 Å². The minimum Gasteiger partial charge on any atom is -0.456 e. The summed E-state index contributed by atoms with van der Waals surface area (Å²) in [5.74, 6) is 0. The second kappa shape index (κ2) is 11.6. The van der Waals surface area contributed by atoms with Gasteiger partial charge in [0.25, 0.3) is 0 Å². The Labute approximate surface area is 328 Å². The van der Waals surface area contributed by atoms with Gasteiger partial charge in [-0.15, -0.1) is 0 Å². The molecule has 0 aliphatic heterocycles. The van der Waals surface area contributed by atoms with Crippen molar-refractivity contribution in [1.82, 2.24) is 0 Å². The summed E-state index contributed by atoms with van der Waals surface area (Å²) >= 11 is 0. The van der Waals surface area contributed by atoms with E-state index in [4.69, 9.17) is 4.42 Å². The summed E-state index contributed by atoms with van der Waals surface area (Å²) in [5, 5.41) is 20.5. The van der Waals surface area contributed by atoms with Crippen LogP contribution in [0, 0.1) is 0 Å². The average Bonchev–Trinajstić information content (AvgIpc) is 3.65. The Balaban J connectivity index is 1.06. The highest BCUT2D eigenvalue weighted by Gasteiger charge is 2.20. The van der Waals surface area contributed by atoms with Crippen molar-refractivity contribution in [3.05, 3.63) is 187 Å². The molecule has 1 aliphatic carbocycles. The van der Waals surface area contributed by atoms with E-state index in [1.54, 1.807) is 0 Å². The minimum atomic E-state index is 0.903. The molecule has 12 aromatic rings. The smallest absolute Gasteiger partial charge is 0.135 e. The molecule has 1 heteroatoms. The molecule has 0 fully saturated rings. The Bertz CT molecular complexity index is 3750. The fourth-order valence-electron chi connectivity index (χ4n) is 10.4. The maximum absolute atomic E-state index is 6.57. The van der Waals surface area contributed by atoms with Crippen LogP contribution in [-0.2, 0) is 6.42 Å². The van der Waals surface area contributed by atoms with Gasteiger partial charge >= 0.3 is 0 Å². The molecule has 0 saturated heterocycles. The van der Waals surface area contributed by atoms with Crippen LogP contribution in [0.2, 0.25) is 0 Å². The van der Waals surface area contributed by atoms with Crippen molar-refractivity contribution in [2.45, 2.75) is 12.8 Å². The largest absolute Gasteiger partial charge is 0.456 e. The number of hydrogen-bond acceptors (Lipinski definition) is 1. The first-order valence-corrected chi connectivity index (χ1v) is 20.1. The van der Waals surface area contributed by atoms with E-state index in [0.29, 0.717) is 0 Å². The normalized spacial score (nSPS) is 13.1. The number of aryl methyl sites for hydroxylation is 1. The highest BCUT2D eigenvalue weighted by molar-refractivity contribution is 6.33. The predicted molar refractivity (Wildman–Crippen MR) is 244 cm³/mol. The van der Waals surface area contributed by atoms with Crippen LogP contribution in [0.3, 0.4) is 0 Å². The van der Waals surface area contributed by atoms with E-state index in [9.17, 15) is 0 Å². The topological polar surface area (TPSA) is 13.1 Å². The average molecular weight is 723 g/mol. The van der Waals surface area contributed by atoms with E-state index in [-0.39, 0.29) is 0 Å². The lowest BCUT2D eigenvalue weighted by molar-refractivity contribution is 0.669. The van der Waals surface area contributed by atoms with Crippen molar-refractivity contribution >= 4 is 103 Å². The Hall–Kier alpha value is -7.22. The highest BCUT2D eigenvalue weighted by Crippen LogP contribution is 2.46. The zero-order valence-electron chi connectivity index (χ0n) is 31.1. The van der Waals surface area contributed by atoms with Gasteiger partial charge in [0.1, 0.15) is 11.2 Å². The van der Waals surface area contributed by atoms with Crippen molar-refractivity contribution < 1.29 is 4.42 Å². The van der Waals surface area contributed by atoms with Gasteiger partial charge in [0.05, 0.1) is 0 Å². The first kappa shape index (κ1) is 31.0. The van der Waals surface area contributed by atoms with Crippen molar-refractivity contribution in [1.29, 1.82) is 0 Å². The molecule has 0 spiro atoms. The van der Waals surface area contributed by atoms with E-state index in [1.807, 2.05) is 0 Å². The molecule has 1 heterocycles. The van der Waals surface area contributed by atoms with Crippen LogP contribution < -0.4 is 0 Å². The number of hydrogen-bond donors (Lipinski definition) is 0. The Morgan fingerprint density at radius 1 is 0.333 bits per heavy atom. The first-order valence-electron chi connectivity index (χ1n) is 20.1. The quantitative estimate of drug-likeness (QED) is 0.162. The molecule has 0 saturated carbocycles. The summed E-state index contributed by atoms with van der Waals surface area (Å²) in [6, 6.07) is 63.0. The standard InChI is InChI=1S/C56H34O/c1-3-17-39-35(13-1)37-15-5-9-21-43(37)55-45-23-11-7-19-41(45)47(31-51(39)55)33-25-27-53-49(29-33)50-30-34(26-28-54(50)57-53)48-32-52-40-18-4-2-14-36(40)38-16-6-10-22-44(38)56(52)46-24-12-8-20-42(46)48/h1-5,7-15,17-32H,6,16H2. The van der Waals surface area contributed by atoms with Gasteiger partial charge < -0.3 is 4.42 Å². The van der Waals surface area contributed by atoms with Gasteiger partial charge in [0.15, 0.2) is 0 Å². The van der Waals surface area contributed by atoms with Crippen molar-refractivity contribution in [2.75, 3.05) is 0 Å². The van der Waals surface area contributed by atoms with Gasteiger partial charge in [-0.1, -0.05) is 146 Å². The molecule has 1 nitrogen and oxygen atoms in total. The minimum absolute atomic E-state index is 0.903. The molecule has 0 unspecified atom stereocenters. The highest BCUT2D eigenvalue weighted by atomic mass is 16.3. The predicted octanol–water partition coefficient (Wildman–Crippen LogP) is 16.0. The van der Waals surface area contributed by atoms with E-state index in [0.717, 1.165) is 34.8 Å². The molecule has 57 heavy (non-hydrogen) atoms. The van der Waals surface area contributed by atoms with Gasteiger partial charge in [-0.3, -0.25) is 0 Å². The summed E-state index contributed by atoms with van der Waals surface area (Å²) in [4.78, 5) is 0. The maximum Gasteiger partial charge on any atom is 0.135 e. The lowest BCUT2D eigenvalue weighted by Gasteiger charge is -2.21. The molecule has 1 aromatic heterocycles. The fourth-order valence-corrected chi connectivity index (χ4v) is 10.4. The molecule has 0 amide bonds. The summed E-state index contributed by atoms with van der Waals surface area (Å²) in [6.07, 6.45) is 6.87. The third kappa shape index (κ3) is 4.34. The van der Waals surface area contributed by atoms with Gasteiger partial charge in [-0.25, -0.2) is 0 Å². The molecule has 0 atom stereocenters. The second-order valence-corrected chi connectivity index (χ2v) is 15.8. The molecule has 13 rings (SSSR count). The number of rotatable bonds is 2. The number of fused-ring (bicyclic) bond motifs is 19. The SMILES string of the molecule is C1=Cc2c(c3ccccc3c3cc(-c4ccc5oc6ccc(-c7cc8c9ccccc9c9ccccc9c8c8ccccc78)cc6c5c4)c4ccccc4c23)CC1. The molecule has 1 aliphatic rings. The summed E-state index contributed by atoms with van der Waals surface area (Å²) in [7, 11) is 0. The van der Waals surface area contributed by atoms with E-state index < -0.39 is 0 Å². The van der Waals surface area contributed by atoms with Gasteiger partial charge in [-0.05, 0) is 158 Å². The van der Waals surface area contributed by atoms with Crippen LogP contribution in [0.25, 0.3) is 126 Å². The number of furan rings is 1. The summed E-state index contributed by atoms with van der Waals surface area (Å²) in [6.45, 7) is 0. The summed E-state index contributed by atoms with van der Waals surface area (Å²) < 4.78 is 6.57. The zero-order valence-corrected chi connectivity index (χ0v) is 31.1. The third-order valence-corrected chi connectivity index (χ3v) is 12.9. The number of benzene rings is 11. The molecule has 0 radical (unpaired) electrons. The van der Waals surface area contributed by atoms with E-state index >= 15 is 0 Å². The van der Waals surface area contributed by atoms with Crippen LogP contribution >= 0.6 is 0 Å². The van der Waals surface area contributed by atoms with Crippen LogP contribution in [0.4, 0.5) is 0 Å². The first-order chi connectivity index (χ1) is 28.3. The summed E-state index contributed by atoms with van der Waals surface area (Å²) in [5.41, 5.74) is 9.52. The van der Waals surface area contributed by atoms with Gasteiger partial charge in [0, 0.05) is 10.8 Å². The Kier molecular flexibility index (Phi) is 6.34. The maximum atomic E-state index is 6.57. The molecule has 264 valence electrons. The van der Waals surface area contributed by atoms with Crippen molar-refractivity contribution in [3.8, 4) is 22.3 Å². The fraction of sp³-hybridized carbons (Fsp3) is 0.0357. The monoisotopic (exact) mass is 722 g/mol. The van der Waals surface area contributed by atoms with E-state index in [1.165, 1.54) is 109 Å². The molecular formula is C56H34O. The van der Waals surface area contributed by atoms with Gasteiger partial charge in [0.2, 0.25) is 0 Å². The lowest BCUT2D eigenvalue weighted by Crippen LogP contribution is -1.99. The Morgan fingerprint density at radius 2 is 0.754 bits per heavy atom. The van der Waals surface area contributed by atoms with Crippen molar-refractivity contribution in [2.24, 2.45) is 0 Å². The van der Waals surface area contributed by atoms with Crippen LogP contribution in [0.1, 0.15) is 17.5 Å². The second-order valence-electron chi connectivity index (χ2n) is 15.8. The van der Waals surface area contributed by atoms with Gasteiger partial charge in [-0.2, -0.15) is 0 Å². The van der Waals surface area contributed by atoms with Crippen molar-refractivity contribution in [3.63, 3.8) is 0 Å². The molecule has 0 bridgehead atoms. The Morgan fingerprint density at radius 3 is 1.33 bits per heavy atom. The third-order valence-electron chi connectivity index (χ3n) is 12.9. The zero-order chi connectivity index (χ0) is 37.2. The number of allylic oxidation sites excluding steroid dienone is 1.